The number of cyclic esters (lactones) is 1. The van der Waals surface area contributed by atoms with Crippen molar-refractivity contribution >= 4 is 11.9 Å². The minimum Gasteiger partial charge on any atom is -0.458 e. The number of esters is 2. The van der Waals surface area contributed by atoms with Crippen LogP contribution >= 0.6 is 0 Å². The Kier molecular flexibility index (Phi) is 4.49. The average Bonchev–Trinajstić information content (AvgIpc) is 3.17. The van der Waals surface area contributed by atoms with Crippen LogP contribution in [0.1, 0.15) is 20.3 Å². The Balaban J connectivity index is 1.80. The van der Waals surface area contributed by atoms with Crippen molar-refractivity contribution in [2.24, 2.45) is 5.92 Å². The summed E-state index contributed by atoms with van der Waals surface area (Å²) in [6.07, 6.45) is 8.02. The number of fused-ring (bicyclic) bond motifs is 1. The van der Waals surface area contributed by atoms with E-state index >= 15 is 0 Å². The molecule has 0 aromatic carbocycles. The number of rotatable bonds is 5. The second-order valence-corrected chi connectivity index (χ2v) is 6.17. The quantitative estimate of drug-likeness (QED) is 0.333. The molecule has 0 N–H and O–H groups in total. The van der Waals surface area contributed by atoms with E-state index in [1.165, 1.54) is 6.26 Å². The van der Waals surface area contributed by atoms with Gasteiger partial charge in [0.25, 0.3) is 6.29 Å². The molecule has 1 fully saturated rings. The maximum Gasteiger partial charge on any atom is 0.338 e. The highest BCUT2D eigenvalue weighted by Gasteiger charge is 2.46. The van der Waals surface area contributed by atoms with Gasteiger partial charge in [0, 0.05) is 17.1 Å². The minimum atomic E-state index is -0.791. The first-order chi connectivity index (χ1) is 12.0. The smallest absolute Gasteiger partial charge is 0.338 e. The topological polar surface area (TPSA) is 61.8 Å². The predicted molar refractivity (Wildman–Crippen MR) is 92.0 cm³/mol. The van der Waals surface area contributed by atoms with Gasteiger partial charge in [-0.25, -0.2) is 9.59 Å². The zero-order chi connectivity index (χ0) is 18.1. The van der Waals surface area contributed by atoms with Crippen LogP contribution in [-0.4, -0.2) is 24.3 Å². The fourth-order valence-electron chi connectivity index (χ4n) is 3.20. The maximum absolute atomic E-state index is 12.2. The highest BCUT2D eigenvalue weighted by molar-refractivity contribution is 5.93. The molecule has 0 spiro atoms. The lowest BCUT2D eigenvalue weighted by atomic mass is 9.96. The van der Waals surface area contributed by atoms with Gasteiger partial charge in [-0.15, -0.1) is 0 Å². The summed E-state index contributed by atoms with van der Waals surface area (Å²) in [6, 6.07) is 0. The summed E-state index contributed by atoms with van der Waals surface area (Å²) in [5.74, 6) is -0.946. The van der Waals surface area contributed by atoms with E-state index in [1.807, 2.05) is 12.2 Å². The van der Waals surface area contributed by atoms with Crippen LogP contribution in [0.15, 0.2) is 71.6 Å². The Hall–Kier alpha value is -2.82. The molecule has 1 aliphatic carbocycles. The number of hydrogen-bond acceptors (Lipinski definition) is 5. The zero-order valence-electron chi connectivity index (χ0n) is 14.3. The Morgan fingerprint density at radius 2 is 1.92 bits per heavy atom. The van der Waals surface area contributed by atoms with Crippen molar-refractivity contribution in [2.45, 2.75) is 32.7 Å². The summed E-state index contributed by atoms with van der Waals surface area (Å²) in [4.78, 5) is 23.8. The normalized spacial score (nSPS) is 30.2. The van der Waals surface area contributed by atoms with E-state index in [0.29, 0.717) is 23.1 Å². The molecule has 3 aliphatic rings. The van der Waals surface area contributed by atoms with Crippen molar-refractivity contribution in [3.05, 3.63) is 71.6 Å². The van der Waals surface area contributed by atoms with Gasteiger partial charge in [0.2, 0.25) is 0 Å². The van der Waals surface area contributed by atoms with Crippen LogP contribution < -0.4 is 0 Å². The molecule has 130 valence electrons. The lowest BCUT2D eigenvalue weighted by Gasteiger charge is -2.12. The van der Waals surface area contributed by atoms with Crippen LogP contribution in [0.25, 0.3) is 0 Å². The second kappa shape index (κ2) is 6.59. The fraction of sp³-hybridized carbons (Fsp3) is 0.300. The van der Waals surface area contributed by atoms with E-state index in [2.05, 4.69) is 13.2 Å². The third-order valence-corrected chi connectivity index (χ3v) is 4.79. The van der Waals surface area contributed by atoms with E-state index in [9.17, 15) is 9.59 Å². The first-order valence-electron chi connectivity index (χ1n) is 8.07. The molecule has 5 nitrogen and oxygen atoms in total. The molecular weight excluding hydrogens is 320 g/mol. The highest BCUT2D eigenvalue weighted by Crippen LogP contribution is 2.44. The van der Waals surface area contributed by atoms with Crippen LogP contribution in [0.5, 0.6) is 0 Å². The van der Waals surface area contributed by atoms with Crippen molar-refractivity contribution in [1.29, 1.82) is 0 Å². The van der Waals surface area contributed by atoms with E-state index in [4.69, 9.17) is 14.2 Å². The summed E-state index contributed by atoms with van der Waals surface area (Å²) in [7, 11) is 0. The summed E-state index contributed by atoms with van der Waals surface area (Å²) in [6.45, 7) is 10.9. The molecule has 0 bridgehead atoms. The Morgan fingerprint density at radius 3 is 2.52 bits per heavy atom. The number of ether oxygens (including phenoxy) is 3. The van der Waals surface area contributed by atoms with Gasteiger partial charge in [0.15, 0.2) is 0 Å². The van der Waals surface area contributed by atoms with E-state index in [-0.39, 0.29) is 12.0 Å². The molecule has 3 unspecified atom stereocenters. The van der Waals surface area contributed by atoms with Gasteiger partial charge in [-0.3, -0.25) is 0 Å². The molecular formula is C20H20O5. The average molecular weight is 340 g/mol. The molecule has 0 aromatic heterocycles. The molecule has 3 atom stereocenters. The molecule has 2 heterocycles. The zero-order valence-corrected chi connectivity index (χ0v) is 14.3. The molecule has 0 amide bonds. The molecule has 5 heteroatoms. The van der Waals surface area contributed by atoms with Gasteiger partial charge in [0.05, 0.1) is 11.8 Å². The largest absolute Gasteiger partial charge is 0.458 e. The van der Waals surface area contributed by atoms with Crippen molar-refractivity contribution in [3.8, 4) is 0 Å². The van der Waals surface area contributed by atoms with E-state index < -0.39 is 18.2 Å². The van der Waals surface area contributed by atoms with Crippen LogP contribution in [0, 0.1) is 5.92 Å². The molecule has 0 radical (unpaired) electrons. The fourth-order valence-corrected chi connectivity index (χ4v) is 3.20. The summed E-state index contributed by atoms with van der Waals surface area (Å²) < 4.78 is 16.2. The Labute approximate surface area is 146 Å². The molecule has 2 aliphatic heterocycles. The summed E-state index contributed by atoms with van der Waals surface area (Å²) >= 11 is 0. The number of carbonyl (C=O) groups excluding carboxylic acids is 2. The molecule has 0 saturated carbocycles. The molecule has 1 saturated heterocycles. The molecule has 3 rings (SSSR count). The standard InChI is InChI=1S/C20H20O5/c1-5-7-8-14-13(6-2)9-15-16(19(22)24-17(14)15)10-23-20-12(4)11(3)18(21)25-20/h5-8,10,15,17,20H,1-2,9H2,3-4H3/b8-7-,16-10+. The summed E-state index contributed by atoms with van der Waals surface area (Å²) in [5.41, 5.74) is 3.64. The minimum absolute atomic E-state index is 0.132. The number of carbonyl (C=O) groups is 2. The second-order valence-electron chi connectivity index (χ2n) is 6.17. The first kappa shape index (κ1) is 17.0. The maximum atomic E-state index is 12.2. The van der Waals surface area contributed by atoms with Crippen molar-refractivity contribution in [1.82, 2.24) is 0 Å². The lowest BCUT2D eigenvalue weighted by molar-refractivity contribution is -0.153. The third-order valence-electron chi connectivity index (χ3n) is 4.79. The van der Waals surface area contributed by atoms with Gasteiger partial charge in [-0.2, -0.15) is 0 Å². The van der Waals surface area contributed by atoms with Crippen LogP contribution in [0.2, 0.25) is 0 Å². The first-order valence-corrected chi connectivity index (χ1v) is 8.07. The number of hydrogen-bond donors (Lipinski definition) is 0. The number of allylic oxidation sites excluding steroid dienone is 4. The van der Waals surface area contributed by atoms with Gasteiger partial charge in [-0.05, 0) is 31.4 Å². The van der Waals surface area contributed by atoms with Gasteiger partial charge < -0.3 is 14.2 Å². The van der Waals surface area contributed by atoms with Crippen molar-refractivity contribution < 1.29 is 23.8 Å². The van der Waals surface area contributed by atoms with Gasteiger partial charge in [0.1, 0.15) is 6.10 Å². The van der Waals surface area contributed by atoms with Crippen molar-refractivity contribution in [2.75, 3.05) is 0 Å². The third kappa shape index (κ3) is 2.86. The monoisotopic (exact) mass is 340 g/mol. The van der Waals surface area contributed by atoms with Crippen LogP contribution in [0.3, 0.4) is 0 Å². The van der Waals surface area contributed by atoms with Crippen molar-refractivity contribution in [3.63, 3.8) is 0 Å². The highest BCUT2D eigenvalue weighted by atomic mass is 16.7. The molecule has 0 aromatic rings. The van der Waals surface area contributed by atoms with Crippen LogP contribution in [0.4, 0.5) is 0 Å². The Morgan fingerprint density at radius 1 is 1.16 bits per heavy atom. The van der Waals surface area contributed by atoms with Gasteiger partial charge in [-0.1, -0.05) is 37.5 Å². The SMILES string of the molecule is C=C/C=C\C1=C(C=C)CC2/C(=C\OC3OC(=O)C(C)=C3C)C(=O)OC12. The van der Waals surface area contributed by atoms with Gasteiger partial charge >= 0.3 is 11.9 Å². The summed E-state index contributed by atoms with van der Waals surface area (Å²) in [5, 5.41) is 0. The van der Waals surface area contributed by atoms with E-state index in [0.717, 1.165) is 11.1 Å². The lowest BCUT2D eigenvalue weighted by Crippen LogP contribution is -2.14. The molecule has 25 heavy (non-hydrogen) atoms. The predicted octanol–water partition coefficient (Wildman–Crippen LogP) is 3.28. The van der Waals surface area contributed by atoms with Crippen LogP contribution in [-0.2, 0) is 23.8 Å². The Bertz CT molecular complexity index is 778. The van der Waals surface area contributed by atoms with E-state index in [1.54, 1.807) is 26.0 Å².